The summed E-state index contributed by atoms with van der Waals surface area (Å²) in [6.07, 6.45) is 6.45. The third kappa shape index (κ3) is 2.78. The molecular formula is C18H22N8O. The third-order valence-electron chi connectivity index (χ3n) is 5.75. The van der Waals surface area contributed by atoms with Crippen molar-refractivity contribution >= 4 is 11.6 Å². The lowest BCUT2D eigenvalue weighted by atomic mass is 9.95. The summed E-state index contributed by atoms with van der Waals surface area (Å²) in [7, 11) is 1.89. The monoisotopic (exact) mass is 366 g/mol. The van der Waals surface area contributed by atoms with E-state index in [4.69, 9.17) is 0 Å². The topological polar surface area (TPSA) is 84.5 Å². The number of aromatic nitrogens is 6. The van der Waals surface area contributed by atoms with Gasteiger partial charge in [-0.1, -0.05) is 0 Å². The number of nitrogens with zero attached hydrogens (tertiary/aromatic N) is 8. The van der Waals surface area contributed by atoms with Crippen molar-refractivity contribution in [3.63, 3.8) is 0 Å². The van der Waals surface area contributed by atoms with Gasteiger partial charge in [-0.05, 0) is 50.6 Å². The maximum absolute atomic E-state index is 12.3. The highest BCUT2D eigenvalue weighted by Gasteiger charge is 2.36. The molecule has 5 heterocycles. The summed E-state index contributed by atoms with van der Waals surface area (Å²) >= 11 is 0. The number of fused-ring (bicyclic) bond motifs is 1. The zero-order chi connectivity index (χ0) is 18.4. The van der Waals surface area contributed by atoms with Gasteiger partial charge in [0.05, 0.1) is 6.04 Å². The number of carbonyl (C=O) groups is 1. The molecular weight excluding hydrogens is 344 g/mol. The van der Waals surface area contributed by atoms with Crippen molar-refractivity contribution in [2.24, 2.45) is 0 Å². The first kappa shape index (κ1) is 16.4. The van der Waals surface area contributed by atoms with Gasteiger partial charge in [0.1, 0.15) is 0 Å². The van der Waals surface area contributed by atoms with Crippen LogP contribution in [0.4, 0.5) is 0 Å². The van der Waals surface area contributed by atoms with Crippen LogP contribution in [-0.2, 0) is 4.79 Å². The van der Waals surface area contributed by atoms with Crippen LogP contribution in [0, 0.1) is 0 Å². The van der Waals surface area contributed by atoms with E-state index < -0.39 is 0 Å². The number of hydrogen-bond donors (Lipinski definition) is 0. The Kier molecular flexibility index (Phi) is 3.89. The van der Waals surface area contributed by atoms with Crippen molar-refractivity contribution in [2.45, 2.75) is 31.2 Å². The van der Waals surface area contributed by atoms with Crippen molar-refractivity contribution in [2.75, 3.05) is 26.7 Å². The number of piperidine rings is 1. The molecule has 5 rings (SSSR count). The molecule has 3 aromatic rings. The predicted octanol–water partition coefficient (Wildman–Crippen LogP) is 0.720. The molecule has 9 heteroatoms. The van der Waals surface area contributed by atoms with Crippen LogP contribution in [0.5, 0.6) is 0 Å². The Hall–Kier alpha value is -2.81. The number of likely N-dealkylation sites (tertiary alicyclic amines) is 2. The number of rotatable bonds is 3. The molecule has 2 aliphatic rings. The number of likely N-dealkylation sites (N-methyl/N-ethyl adjacent to an activating group) is 1. The van der Waals surface area contributed by atoms with Gasteiger partial charge in [-0.25, -0.2) is 4.68 Å². The van der Waals surface area contributed by atoms with Crippen molar-refractivity contribution in [1.29, 1.82) is 0 Å². The maximum atomic E-state index is 12.3. The smallest absolute Gasteiger partial charge is 0.239 e. The zero-order valence-corrected chi connectivity index (χ0v) is 15.3. The highest BCUT2D eigenvalue weighted by molar-refractivity contribution is 5.83. The predicted molar refractivity (Wildman–Crippen MR) is 97.5 cm³/mol. The molecule has 0 aliphatic carbocycles. The van der Waals surface area contributed by atoms with Gasteiger partial charge in [0.2, 0.25) is 5.91 Å². The second kappa shape index (κ2) is 6.41. The molecule has 3 aromatic heterocycles. The molecule has 27 heavy (non-hydrogen) atoms. The summed E-state index contributed by atoms with van der Waals surface area (Å²) in [5, 5.41) is 17.6. The highest BCUT2D eigenvalue weighted by atomic mass is 16.2. The second-order valence-electron chi connectivity index (χ2n) is 7.34. The van der Waals surface area contributed by atoms with Gasteiger partial charge in [-0.15, -0.1) is 15.3 Å². The van der Waals surface area contributed by atoms with Gasteiger partial charge in [-0.3, -0.25) is 9.69 Å². The molecule has 2 fully saturated rings. The van der Waals surface area contributed by atoms with Gasteiger partial charge in [0.25, 0.3) is 0 Å². The Morgan fingerprint density at radius 2 is 1.93 bits per heavy atom. The maximum Gasteiger partial charge on any atom is 0.239 e. The van der Waals surface area contributed by atoms with Crippen molar-refractivity contribution in [3.05, 3.63) is 36.4 Å². The van der Waals surface area contributed by atoms with Gasteiger partial charge >= 0.3 is 0 Å². The largest absolute Gasteiger partial charge is 0.344 e. The lowest BCUT2D eigenvalue weighted by Crippen LogP contribution is -2.45. The van der Waals surface area contributed by atoms with Crippen molar-refractivity contribution < 1.29 is 4.79 Å². The molecule has 0 bridgehead atoms. The van der Waals surface area contributed by atoms with E-state index in [1.54, 1.807) is 10.9 Å². The van der Waals surface area contributed by atoms with Crippen LogP contribution < -0.4 is 0 Å². The summed E-state index contributed by atoms with van der Waals surface area (Å²) in [6, 6.07) is 5.74. The highest BCUT2D eigenvalue weighted by Crippen LogP contribution is 2.29. The van der Waals surface area contributed by atoms with E-state index in [9.17, 15) is 4.79 Å². The van der Waals surface area contributed by atoms with E-state index in [0.29, 0.717) is 5.92 Å². The summed E-state index contributed by atoms with van der Waals surface area (Å²) in [5.41, 5.74) is 0.746. The standard InChI is InChI=1S/C18H22N8O/c1-23-10-7-14(18(23)27)24-11-5-13(6-12-24)17-21-20-15-3-4-16(22-26(15)17)25-9-2-8-19-25/h2-4,8-9,13-14H,5-7,10-12H2,1H3. The average Bonchev–Trinajstić information content (AvgIpc) is 3.43. The van der Waals surface area contributed by atoms with Crippen LogP contribution in [0.25, 0.3) is 11.5 Å². The van der Waals surface area contributed by atoms with Crippen LogP contribution in [0.3, 0.4) is 0 Å². The van der Waals surface area contributed by atoms with Crippen molar-refractivity contribution in [3.8, 4) is 5.82 Å². The Morgan fingerprint density at radius 3 is 2.63 bits per heavy atom. The Morgan fingerprint density at radius 1 is 1.07 bits per heavy atom. The molecule has 1 atom stereocenters. The fourth-order valence-electron chi connectivity index (χ4n) is 4.19. The summed E-state index contributed by atoms with van der Waals surface area (Å²) < 4.78 is 3.57. The van der Waals surface area contributed by atoms with E-state index in [1.807, 2.05) is 40.9 Å². The SMILES string of the molecule is CN1CCC(N2CCC(c3nnc4ccc(-n5cccn5)nn34)CC2)C1=O. The van der Waals surface area contributed by atoms with Crippen LogP contribution in [0.15, 0.2) is 30.6 Å². The molecule has 2 saturated heterocycles. The first-order valence-electron chi connectivity index (χ1n) is 9.42. The molecule has 2 aliphatic heterocycles. The van der Waals surface area contributed by atoms with Crippen LogP contribution >= 0.6 is 0 Å². The molecule has 140 valence electrons. The first-order chi connectivity index (χ1) is 13.2. The lowest BCUT2D eigenvalue weighted by molar-refractivity contribution is -0.131. The Bertz CT molecular complexity index is 957. The molecule has 0 N–H and O–H groups in total. The minimum Gasteiger partial charge on any atom is -0.344 e. The first-order valence-corrected chi connectivity index (χ1v) is 9.42. The molecule has 0 saturated carbocycles. The zero-order valence-electron chi connectivity index (χ0n) is 15.3. The van der Waals surface area contributed by atoms with E-state index in [2.05, 4.69) is 25.3 Å². The van der Waals surface area contributed by atoms with E-state index in [0.717, 1.165) is 56.2 Å². The van der Waals surface area contributed by atoms with Crippen LogP contribution in [-0.4, -0.2) is 78.0 Å². The molecule has 0 spiro atoms. The quantitative estimate of drug-likeness (QED) is 0.679. The lowest BCUT2D eigenvalue weighted by Gasteiger charge is -2.34. The van der Waals surface area contributed by atoms with Crippen LogP contribution in [0.2, 0.25) is 0 Å². The number of amides is 1. The van der Waals surface area contributed by atoms with E-state index in [1.165, 1.54) is 0 Å². The minimum absolute atomic E-state index is 0.0515. The normalized spacial score (nSPS) is 22.2. The fourth-order valence-corrected chi connectivity index (χ4v) is 4.19. The number of hydrogen-bond acceptors (Lipinski definition) is 6. The molecule has 0 aromatic carbocycles. The van der Waals surface area contributed by atoms with Gasteiger partial charge in [0.15, 0.2) is 17.3 Å². The summed E-state index contributed by atoms with van der Waals surface area (Å²) in [4.78, 5) is 16.4. The summed E-state index contributed by atoms with van der Waals surface area (Å²) in [6.45, 7) is 2.67. The molecule has 1 amide bonds. The average molecular weight is 366 g/mol. The summed E-state index contributed by atoms with van der Waals surface area (Å²) in [5.74, 6) is 2.19. The minimum atomic E-state index is 0.0515. The molecule has 9 nitrogen and oxygen atoms in total. The molecule has 1 unspecified atom stereocenters. The third-order valence-corrected chi connectivity index (χ3v) is 5.75. The van der Waals surface area contributed by atoms with E-state index in [-0.39, 0.29) is 11.9 Å². The Labute approximate surface area is 156 Å². The number of carbonyl (C=O) groups excluding carboxylic acids is 1. The van der Waals surface area contributed by atoms with Crippen LogP contribution in [0.1, 0.15) is 31.0 Å². The Balaban J connectivity index is 1.36. The fraction of sp³-hybridized carbons (Fsp3) is 0.500. The molecule has 0 radical (unpaired) electrons. The van der Waals surface area contributed by atoms with Gasteiger partial charge in [-0.2, -0.15) is 9.61 Å². The van der Waals surface area contributed by atoms with E-state index >= 15 is 0 Å². The van der Waals surface area contributed by atoms with Crippen molar-refractivity contribution in [1.82, 2.24) is 39.4 Å². The second-order valence-corrected chi connectivity index (χ2v) is 7.34. The van der Waals surface area contributed by atoms with Gasteiger partial charge in [0, 0.05) is 31.9 Å². The van der Waals surface area contributed by atoms with Gasteiger partial charge < -0.3 is 4.90 Å².